The molecule has 0 unspecified atom stereocenters. The van der Waals surface area contributed by atoms with Crippen molar-refractivity contribution >= 4 is 17.7 Å². The van der Waals surface area contributed by atoms with Gasteiger partial charge in [-0.05, 0) is 36.1 Å². The molecule has 2 rings (SSSR count). The van der Waals surface area contributed by atoms with Gasteiger partial charge in [-0.2, -0.15) is 0 Å². The Hall–Kier alpha value is -3.67. The van der Waals surface area contributed by atoms with Crippen molar-refractivity contribution in [3.8, 4) is 11.5 Å². The Morgan fingerprint density at radius 3 is 2.16 bits per heavy atom. The molecule has 0 aliphatic heterocycles. The molecule has 0 aromatic heterocycles. The third kappa shape index (κ3) is 9.66. The molecule has 11 heteroatoms. The summed E-state index contributed by atoms with van der Waals surface area (Å²) in [5.74, 6) is -0.145. The topological polar surface area (TPSA) is 175 Å². The second-order valence-electron chi connectivity index (χ2n) is 8.76. The van der Waals surface area contributed by atoms with Crippen LogP contribution in [-0.4, -0.2) is 75.1 Å². The van der Waals surface area contributed by atoms with E-state index in [9.17, 15) is 14.4 Å². The van der Waals surface area contributed by atoms with E-state index in [0.717, 1.165) is 11.1 Å². The third-order valence-corrected chi connectivity index (χ3v) is 5.99. The fraction of sp³-hybridized carbons (Fsp3) is 0.444. The summed E-state index contributed by atoms with van der Waals surface area (Å²) in [7, 11) is 3.08. The molecule has 11 nitrogen and oxygen atoms in total. The van der Waals surface area contributed by atoms with Crippen molar-refractivity contribution in [2.45, 2.75) is 37.9 Å². The Morgan fingerprint density at radius 2 is 1.55 bits per heavy atom. The molecule has 3 amide bonds. The summed E-state index contributed by atoms with van der Waals surface area (Å²) in [5, 5.41) is 5.60. The number of rotatable bonds is 16. The smallest absolute Gasteiger partial charge is 0.242 e. The average Bonchev–Trinajstić information content (AvgIpc) is 2.93. The molecule has 8 N–H and O–H groups in total. The minimum absolute atomic E-state index is 0.217. The minimum atomic E-state index is -1.13. The number of methoxy groups -OCH3 is 2. The van der Waals surface area contributed by atoms with E-state index in [1.807, 2.05) is 36.4 Å². The number of benzene rings is 2. The zero-order valence-electron chi connectivity index (χ0n) is 22.2. The molecular formula is C27H40N6O5. The lowest BCUT2D eigenvalue weighted by Gasteiger charge is -2.24. The molecule has 38 heavy (non-hydrogen) atoms. The summed E-state index contributed by atoms with van der Waals surface area (Å²) in [6, 6.07) is 13.0. The largest absolute Gasteiger partial charge is 0.493 e. The fourth-order valence-corrected chi connectivity index (χ4v) is 3.89. The molecule has 0 bridgehead atoms. The maximum atomic E-state index is 13.1. The van der Waals surface area contributed by atoms with Gasteiger partial charge in [-0.25, -0.2) is 0 Å². The monoisotopic (exact) mass is 528 g/mol. The lowest BCUT2D eigenvalue weighted by atomic mass is 10.0. The van der Waals surface area contributed by atoms with Crippen LogP contribution in [0.1, 0.15) is 24.0 Å². The second kappa shape index (κ2) is 16.2. The second-order valence-corrected chi connectivity index (χ2v) is 8.76. The van der Waals surface area contributed by atoms with Gasteiger partial charge in [0.15, 0.2) is 11.5 Å². The van der Waals surface area contributed by atoms with Gasteiger partial charge in [-0.1, -0.05) is 36.4 Å². The van der Waals surface area contributed by atoms with Crippen molar-refractivity contribution in [2.75, 3.05) is 40.4 Å². The summed E-state index contributed by atoms with van der Waals surface area (Å²) in [6.45, 7) is 1.41. The van der Waals surface area contributed by atoms with Crippen LogP contribution in [0, 0.1) is 0 Å². The number of nitrogens with two attached hydrogens (primary N) is 3. The number of hydrogen-bond acceptors (Lipinski definition) is 8. The van der Waals surface area contributed by atoms with E-state index in [4.69, 9.17) is 26.7 Å². The van der Waals surface area contributed by atoms with E-state index in [2.05, 4.69) is 10.6 Å². The van der Waals surface area contributed by atoms with Crippen molar-refractivity contribution < 1.29 is 23.9 Å². The number of carbonyl (C=O) groups excluding carboxylic acids is 3. The van der Waals surface area contributed by atoms with E-state index in [1.165, 1.54) is 12.0 Å². The van der Waals surface area contributed by atoms with Gasteiger partial charge in [-0.15, -0.1) is 0 Å². The summed E-state index contributed by atoms with van der Waals surface area (Å²) >= 11 is 0. The summed E-state index contributed by atoms with van der Waals surface area (Å²) in [5.41, 5.74) is 19.0. The van der Waals surface area contributed by atoms with Gasteiger partial charge in [-0.3, -0.25) is 14.4 Å². The van der Waals surface area contributed by atoms with Crippen LogP contribution in [0.4, 0.5) is 0 Å². The highest BCUT2D eigenvalue weighted by atomic mass is 16.5. The fourth-order valence-electron chi connectivity index (χ4n) is 3.89. The Morgan fingerprint density at radius 1 is 0.895 bits per heavy atom. The normalized spacial score (nSPS) is 12.2. The zero-order chi connectivity index (χ0) is 27.9. The SMILES string of the molecule is COc1ccc(CNC(=O)[C@H](CCc2ccccc2)NC(=O)[C@@H](N)CC(=O)N(CCN)CCN)cc1OC. The molecule has 0 heterocycles. The van der Waals surface area contributed by atoms with Gasteiger partial charge in [0.05, 0.1) is 26.7 Å². The first-order chi connectivity index (χ1) is 18.3. The summed E-state index contributed by atoms with van der Waals surface area (Å²) in [6.07, 6.45) is 0.690. The molecule has 208 valence electrons. The number of ether oxygens (including phenoxy) is 2. The predicted molar refractivity (Wildman–Crippen MR) is 145 cm³/mol. The highest BCUT2D eigenvalue weighted by molar-refractivity contribution is 5.92. The molecule has 0 aliphatic rings. The molecule has 2 aromatic rings. The first kappa shape index (κ1) is 30.6. The molecule has 0 spiro atoms. The van der Waals surface area contributed by atoms with Crippen LogP contribution in [0.5, 0.6) is 11.5 Å². The predicted octanol–water partition coefficient (Wildman–Crippen LogP) is -0.0990. The maximum absolute atomic E-state index is 13.1. The van der Waals surface area contributed by atoms with Crippen LogP contribution in [-0.2, 0) is 27.3 Å². The van der Waals surface area contributed by atoms with E-state index in [-0.39, 0.29) is 37.9 Å². The highest BCUT2D eigenvalue weighted by Crippen LogP contribution is 2.27. The van der Waals surface area contributed by atoms with E-state index >= 15 is 0 Å². The van der Waals surface area contributed by atoms with Gasteiger partial charge in [0, 0.05) is 32.7 Å². The van der Waals surface area contributed by atoms with Crippen LogP contribution in [0.2, 0.25) is 0 Å². The van der Waals surface area contributed by atoms with E-state index in [0.29, 0.717) is 37.4 Å². The van der Waals surface area contributed by atoms with Crippen LogP contribution >= 0.6 is 0 Å². The first-order valence-corrected chi connectivity index (χ1v) is 12.6. The number of aryl methyl sites for hydroxylation is 1. The zero-order valence-corrected chi connectivity index (χ0v) is 22.2. The summed E-state index contributed by atoms with van der Waals surface area (Å²) in [4.78, 5) is 40.1. The van der Waals surface area contributed by atoms with Crippen molar-refractivity contribution in [1.82, 2.24) is 15.5 Å². The first-order valence-electron chi connectivity index (χ1n) is 12.6. The molecule has 0 saturated heterocycles. The molecule has 0 saturated carbocycles. The molecule has 0 aliphatic carbocycles. The summed E-state index contributed by atoms with van der Waals surface area (Å²) < 4.78 is 10.6. The Balaban J connectivity index is 2.07. The van der Waals surface area contributed by atoms with E-state index in [1.54, 1.807) is 19.2 Å². The third-order valence-electron chi connectivity index (χ3n) is 5.99. The van der Waals surface area contributed by atoms with Gasteiger partial charge < -0.3 is 42.2 Å². The van der Waals surface area contributed by atoms with Crippen LogP contribution in [0.3, 0.4) is 0 Å². The molecule has 0 fully saturated rings. The van der Waals surface area contributed by atoms with Crippen molar-refractivity contribution in [3.63, 3.8) is 0 Å². The lowest BCUT2D eigenvalue weighted by molar-refractivity contribution is -0.135. The number of nitrogens with zero attached hydrogens (tertiary/aromatic N) is 1. The minimum Gasteiger partial charge on any atom is -0.493 e. The van der Waals surface area contributed by atoms with Crippen LogP contribution < -0.4 is 37.3 Å². The van der Waals surface area contributed by atoms with Crippen molar-refractivity contribution in [1.29, 1.82) is 0 Å². The highest BCUT2D eigenvalue weighted by Gasteiger charge is 2.26. The number of hydrogen-bond donors (Lipinski definition) is 5. The molecule has 0 radical (unpaired) electrons. The Labute approximate surface area is 224 Å². The van der Waals surface area contributed by atoms with Crippen molar-refractivity contribution in [3.05, 3.63) is 59.7 Å². The van der Waals surface area contributed by atoms with Gasteiger partial charge in [0.1, 0.15) is 6.04 Å². The van der Waals surface area contributed by atoms with E-state index < -0.39 is 18.0 Å². The quantitative estimate of drug-likeness (QED) is 0.201. The molecule has 2 aromatic carbocycles. The van der Waals surface area contributed by atoms with Gasteiger partial charge in [0.25, 0.3) is 0 Å². The number of carbonyl (C=O) groups is 3. The van der Waals surface area contributed by atoms with Gasteiger partial charge >= 0.3 is 0 Å². The molecule has 2 atom stereocenters. The maximum Gasteiger partial charge on any atom is 0.242 e. The van der Waals surface area contributed by atoms with Crippen molar-refractivity contribution in [2.24, 2.45) is 17.2 Å². The standard InChI is InChI=1S/C27H40N6O5/c1-37-23-11-9-20(16-24(23)38-2)18-31-27(36)22(10-8-19-6-4-3-5-7-19)32-26(35)21(30)17-25(34)33(14-12-28)15-13-29/h3-7,9,11,16,21-22H,8,10,12-15,17-18,28-30H2,1-2H3,(H,31,36)(H,32,35)/t21-,22-/m0/s1. The Bertz CT molecular complexity index is 1030. The number of nitrogens with one attached hydrogen (secondary N) is 2. The average molecular weight is 529 g/mol. The van der Waals surface area contributed by atoms with Gasteiger partial charge in [0.2, 0.25) is 17.7 Å². The van der Waals surface area contributed by atoms with Crippen LogP contribution in [0.15, 0.2) is 48.5 Å². The van der Waals surface area contributed by atoms with Crippen LogP contribution in [0.25, 0.3) is 0 Å². The molecular weight excluding hydrogens is 488 g/mol. The lowest BCUT2D eigenvalue weighted by Crippen LogP contribution is -2.53. The Kier molecular flexibility index (Phi) is 13.0. The number of amides is 3.